The van der Waals surface area contributed by atoms with Crippen molar-refractivity contribution in [3.63, 3.8) is 0 Å². The smallest absolute Gasteiger partial charge is 0.316 e. The molecular formula is C20H20ClN3O4S. The lowest BCUT2D eigenvalue weighted by Crippen LogP contribution is -2.08. The second kappa shape index (κ2) is 9.67. The number of aromatic nitrogens is 3. The highest BCUT2D eigenvalue weighted by molar-refractivity contribution is 7.99. The zero-order chi connectivity index (χ0) is 20.8. The maximum Gasteiger partial charge on any atom is 0.316 e. The predicted octanol–water partition coefficient (Wildman–Crippen LogP) is 4.08. The maximum atomic E-state index is 11.5. The lowest BCUT2D eigenvalue weighted by Gasteiger charge is -2.12. The van der Waals surface area contributed by atoms with Crippen LogP contribution in [0.5, 0.6) is 11.5 Å². The van der Waals surface area contributed by atoms with E-state index in [2.05, 4.69) is 10.2 Å². The molecule has 2 aromatic carbocycles. The van der Waals surface area contributed by atoms with Crippen LogP contribution in [0.15, 0.2) is 47.6 Å². The molecule has 0 fully saturated rings. The summed E-state index contributed by atoms with van der Waals surface area (Å²) in [5, 5.41) is 9.63. The van der Waals surface area contributed by atoms with Crippen molar-refractivity contribution in [2.24, 2.45) is 0 Å². The van der Waals surface area contributed by atoms with Gasteiger partial charge in [-0.3, -0.25) is 9.36 Å². The molecule has 0 saturated heterocycles. The number of nitrogens with zero attached hydrogens (tertiary/aromatic N) is 3. The molecule has 0 aliphatic rings. The van der Waals surface area contributed by atoms with Gasteiger partial charge in [0.25, 0.3) is 0 Å². The van der Waals surface area contributed by atoms with Crippen molar-refractivity contribution < 1.29 is 19.0 Å². The minimum absolute atomic E-state index is 0.119. The molecule has 0 unspecified atom stereocenters. The van der Waals surface area contributed by atoms with Gasteiger partial charge in [0.15, 0.2) is 11.0 Å². The van der Waals surface area contributed by atoms with Gasteiger partial charge < -0.3 is 14.2 Å². The molecular weight excluding hydrogens is 414 g/mol. The Morgan fingerprint density at radius 1 is 1.10 bits per heavy atom. The first-order valence-electron chi connectivity index (χ1n) is 8.69. The Labute approximate surface area is 177 Å². The van der Waals surface area contributed by atoms with E-state index in [1.165, 1.54) is 18.9 Å². The number of aryl methyl sites for hydroxylation is 1. The standard InChI is InChI=1S/C20H20ClN3O4S/c1-13-4-5-14(10-17(13)21)24-18(22-23-20(24)29-12-19(25)27-3)11-28-16-8-6-15(26-2)7-9-16/h4-10H,11-12H2,1-3H3. The molecule has 0 N–H and O–H groups in total. The Balaban J connectivity index is 1.87. The molecule has 0 atom stereocenters. The molecule has 1 heterocycles. The first-order chi connectivity index (χ1) is 14.0. The Kier molecular flexibility index (Phi) is 7.00. The number of thioether (sulfide) groups is 1. The van der Waals surface area contributed by atoms with Gasteiger partial charge in [-0.1, -0.05) is 29.4 Å². The summed E-state index contributed by atoms with van der Waals surface area (Å²) in [6.07, 6.45) is 0. The summed E-state index contributed by atoms with van der Waals surface area (Å²) in [5.74, 6) is 1.77. The fourth-order valence-corrected chi connectivity index (χ4v) is 3.45. The summed E-state index contributed by atoms with van der Waals surface area (Å²) in [7, 11) is 2.96. The second-order valence-electron chi connectivity index (χ2n) is 6.00. The fraction of sp³-hybridized carbons (Fsp3) is 0.250. The predicted molar refractivity (Wildman–Crippen MR) is 111 cm³/mol. The van der Waals surface area contributed by atoms with Crippen LogP contribution in [0.1, 0.15) is 11.4 Å². The summed E-state index contributed by atoms with van der Waals surface area (Å²) in [6.45, 7) is 2.11. The number of carbonyl (C=O) groups excluding carboxylic acids is 1. The van der Waals surface area contributed by atoms with Crippen LogP contribution < -0.4 is 9.47 Å². The molecule has 0 spiro atoms. The molecule has 0 bridgehead atoms. The number of esters is 1. The largest absolute Gasteiger partial charge is 0.497 e. The van der Waals surface area contributed by atoms with Gasteiger partial charge in [0.1, 0.15) is 18.1 Å². The number of halogens is 1. The van der Waals surface area contributed by atoms with E-state index in [0.717, 1.165) is 17.0 Å². The fourth-order valence-electron chi connectivity index (χ4n) is 2.47. The van der Waals surface area contributed by atoms with Crippen molar-refractivity contribution in [1.82, 2.24) is 14.8 Å². The highest BCUT2D eigenvalue weighted by Crippen LogP contribution is 2.26. The van der Waals surface area contributed by atoms with Gasteiger partial charge >= 0.3 is 5.97 Å². The van der Waals surface area contributed by atoms with E-state index in [9.17, 15) is 4.79 Å². The highest BCUT2D eigenvalue weighted by atomic mass is 35.5. The summed E-state index contributed by atoms with van der Waals surface area (Å²) < 4.78 is 17.5. The van der Waals surface area contributed by atoms with Gasteiger partial charge in [-0.2, -0.15) is 0 Å². The van der Waals surface area contributed by atoms with Crippen molar-refractivity contribution in [2.75, 3.05) is 20.0 Å². The van der Waals surface area contributed by atoms with Crippen LogP contribution >= 0.6 is 23.4 Å². The molecule has 0 radical (unpaired) electrons. The number of rotatable bonds is 8. The average Bonchev–Trinajstić information content (AvgIpc) is 3.15. The molecule has 1 aromatic heterocycles. The second-order valence-corrected chi connectivity index (χ2v) is 7.35. The molecule has 3 rings (SSSR count). The quantitative estimate of drug-likeness (QED) is 0.391. The van der Waals surface area contributed by atoms with Crippen LogP contribution in [-0.2, 0) is 16.1 Å². The zero-order valence-electron chi connectivity index (χ0n) is 16.2. The summed E-state index contributed by atoms with van der Waals surface area (Å²) in [5.41, 5.74) is 1.74. The van der Waals surface area contributed by atoms with E-state index in [0.29, 0.717) is 21.8 Å². The van der Waals surface area contributed by atoms with Gasteiger partial charge in [-0.15, -0.1) is 10.2 Å². The average molecular weight is 434 g/mol. The number of ether oxygens (including phenoxy) is 3. The Hall–Kier alpha value is -2.71. The Morgan fingerprint density at radius 2 is 1.83 bits per heavy atom. The number of hydrogen-bond donors (Lipinski definition) is 0. The van der Waals surface area contributed by atoms with Crippen LogP contribution in [0.3, 0.4) is 0 Å². The maximum absolute atomic E-state index is 11.5. The summed E-state index contributed by atoms with van der Waals surface area (Å²) in [6, 6.07) is 12.9. The molecule has 0 aliphatic carbocycles. The summed E-state index contributed by atoms with van der Waals surface area (Å²) >= 11 is 7.54. The Bertz CT molecular complexity index is 992. The topological polar surface area (TPSA) is 75.5 Å². The van der Waals surface area contributed by atoms with Gasteiger partial charge in [-0.05, 0) is 48.9 Å². The van der Waals surface area contributed by atoms with Crippen molar-refractivity contribution in [1.29, 1.82) is 0 Å². The monoisotopic (exact) mass is 433 g/mol. The van der Waals surface area contributed by atoms with Crippen LogP contribution in [0, 0.1) is 6.92 Å². The first kappa shape index (κ1) is 21.0. The van der Waals surface area contributed by atoms with Gasteiger partial charge in [0.2, 0.25) is 0 Å². The number of benzene rings is 2. The molecule has 3 aromatic rings. The summed E-state index contributed by atoms with van der Waals surface area (Å²) in [4.78, 5) is 11.5. The first-order valence-corrected chi connectivity index (χ1v) is 10.1. The third kappa shape index (κ3) is 5.21. The highest BCUT2D eigenvalue weighted by Gasteiger charge is 2.17. The third-order valence-electron chi connectivity index (χ3n) is 4.09. The van der Waals surface area contributed by atoms with E-state index in [1.807, 2.05) is 54.0 Å². The van der Waals surface area contributed by atoms with E-state index >= 15 is 0 Å². The van der Waals surface area contributed by atoms with Crippen molar-refractivity contribution in [3.8, 4) is 17.2 Å². The van der Waals surface area contributed by atoms with E-state index in [4.69, 9.17) is 25.8 Å². The van der Waals surface area contributed by atoms with Crippen LogP contribution in [-0.4, -0.2) is 40.7 Å². The molecule has 0 saturated carbocycles. The van der Waals surface area contributed by atoms with Gasteiger partial charge in [-0.25, -0.2) is 0 Å². The number of carbonyl (C=O) groups is 1. The van der Waals surface area contributed by atoms with Crippen molar-refractivity contribution >= 4 is 29.3 Å². The minimum atomic E-state index is -0.345. The normalized spacial score (nSPS) is 10.6. The number of hydrogen-bond acceptors (Lipinski definition) is 7. The lowest BCUT2D eigenvalue weighted by atomic mass is 10.2. The Morgan fingerprint density at radius 3 is 2.48 bits per heavy atom. The van der Waals surface area contributed by atoms with Crippen LogP contribution in [0.25, 0.3) is 5.69 Å². The van der Waals surface area contributed by atoms with Crippen molar-refractivity contribution in [3.05, 3.63) is 58.9 Å². The van der Waals surface area contributed by atoms with E-state index in [1.54, 1.807) is 7.11 Å². The van der Waals surface area contributed by atoms with E-state index < -0.39 is 0 Å². The molecule has 7 nitrogen and oxygen atoms in total. The lowest BCUT2D eigenvalue weighted by molar-refractivity contribution is -0.137. The minimum Gasteiger partial charge on any atom is -0.497 e. The molecule has 29 heavy (non-hydrogen) atoms. The molecule has 0 amide bonds. The van der Waals surface area contributed by atoms with E-state index in [-0.39, 0.29) is 18.3 Å². The number of methoxy groups -OCH3 is 2. The molecule has 152 valence electrons. The van der Waals surface area contributed by atoms with Gasteiger partial charge in [0, 0.05) is 5.02 Å². The zero-order valence-corrected chi connectivity index (χ0v) is 17.8. The van der Waals surface area contributed by atoms with Crippen molar-refractivity contribution in [2.45, 2.75) is 18.7 Å². The van der Waals surface area contributed by atoms with Crippen LogP contribution in [0.4, 0.5) is 0 Å². The SMILES string of the molecule is COC(=O)CSc1nnc(COc2ccc(OC)cc2)n1-c1ccc(C)c(Cl)c1. The molecule has 0 aliphatic heterocycles. The van der Waals surface area contributed by atoms with Gasteiger partial charge in [0.05, 0.1) is 25.7 Å². The third-order valence-corrected chi connectivity index (χ3v) is 5.40. The van der Waals surface area contributed by atoms with Crippen LogP contribution in [0.2, 0.25) is 5.02 Å². The molecule has 9 heteroatoms.